The molecular weight excluding hydrogens is 1010 g/mol. The lowest BCUT2D eigenvalue weighted by Gasteiger charge is -2.28. The van der Waals surface area contributed by atoms with Gasteiger partial charge in [-0.05, 0) is 159 Å². The molecule has 0 saturated carbocycles. The molecule has 0 aliphatic heterocycles. The van der Waals surface area contributed by atoms with Gasteiger partial charge in [-0.25, -0.2) is 0 Å². The zero-order valence-electron chi connectivity index (χ0n) is 46.2. The maximum atomic E-state index is 2.36. The average Bonchev–Trinajstić information content (AvgIpc) is 1.17. The summed E-state index contributed by atoms with van der Waals surface area (Å²) in [6, 6.07) is 124. The third-order valence-electron chi connectivity index (χ3n) is 16.7. The zero-order valence-corrected chi connectivity index (χ0v) is 46.2. The topological polar surface area (TPSA) is 6.48 Å². The van der Waals surface area contributed by atoms with Crippen molar-refractivity contribution >= 4 is 77.2 Å². The van der Waals surface area contributed by atoms with Crippen LogP contribution in [-0.2, 0) is 0 Å². The molecule has 84 heavy (non-hydrogen) atoms. The molecule has 0 radical (unpaired) electrons. The van der Waals surface area contributed by atoms with Gasteiger partial charge in [0, 0.05) is 33.9 Å². The van der Waals surface area contributed by atoms with Crippen LogP contribution in [0.2, 0.25) is 0 Å². The summed E-state index contributed by atoms with van der Waals surface area (Å²) in [5, 5.41) is 9.99. The van der Waals surface area contributed by atoms with E-state index in [1.165, 1.54) is 98.7 Å². The van der Waals surface area contributed by atoms with E-state index in [-0.39, 0.29) is 0 Å². The van der Waals surface area contributed by atoms with E-state index in [0.717, 1.165) is 45.3 Å². The van der Waals surface area contributed by atoms with Gasteiger partial charge in [0.2, 0.25) is 0 Å². The average molecular weight is 1070 g/mol. The van der Waals surface area contributed by atoms with Crippen LogP contribution in [0.25, 0.3) is 110 Å². The summed E-state index contributed by atoms with van der Waals surface area (Å²) in [7, 11) is 0. The number of rotatable bonds is 12. The molecule has 15 rings (SSSR count). The fourth-order valence-electron chi connectivity index (χ4n) is 12.8. The van der Waals surface area contributed by atoms with Crippen LogP contribution >= 0.6 is 0 Å². The minimum absolute atomic E-state index is 1.10. The van der Waals surface area contributed by atoms with Crippen molar-refractivity contribution < 1.29 is 0 Å². The lowest BCUT2D eigenvalue weighted by Crippen LogP contribution is -2.11. The number of hydrogen-bond donors (Lipinski definition) is 0. The smallest absolute Gasteiger partial charge is 0.0540 e. The van der Waals surface area contributed by atoms with Crippen molar-refractivity contribution in [2.24, 2.45) is 0 Å². The summed E-state index contributed by atoms with van der Waals surface area (Å²) in [6.07, 6.45) is 0. The van der Waals surface area contributed by atoms with E-state index in [1.54, 1.807) is 0 Å². The van der Waals surface area contributed by atoms with Crippen molar-refractivity contribution in [3.8, 4) is 66.8 Å². The number of hydrogen-bond acceptors (Lipinski definition) is 2. The predicted octanol–water partition coefficient (Wildman–Crippen LogP) is 23.2. The van der Waals surface area contributed by atoms with Gasteiger partial charge in [-0.15, -0.1) is 0 Å². The lowest BCUT2D eigenvalue weighted by molar-refractivity contribution is 1.28. The highest BCUT2D eigenvalue weighted by Gasteiger charge is 2.23. The third-order valence-corrected chi connectivity index (χ3v) is 16.7. The first kappa shape index (κ1) is 49.9. The summed E-state index contributed by atoms with van der Waals surface area (Å²) < 4.78 is 0. The van der Waals surface area contributed by atoms with Crippen LogP contribution in [-0.4, -0.2) is 0 Å². The second kappa shape index (κ2) is 21.8. The van der Waals surface area contributed by atoms with E-state index in [1.807, 2.05) is 0 Å². The third kappa shape index (κ3) is 9.04. The van der Waals surface area contributed by atoms with E-state index < -0.39 is 0 Å². The van der Waals surface area contributed by atoms with Crippen LogP contribution in [0.15, 0.2) is 340 Å². The SMILES string of the molecule is c1ccc(-c2ccccc2N(c2ccccc2)c2ccc(-c3ccc(-c4c5ccccc5c(-c5ccc(-c6ccc(N(c7ccccc7)c7ccccc7-c7ccccc7)cc6)cc5)c5c6ccccc6c6ccccc6c45)cc3)cc2)cc1. The molecule has 0 spiro atoms. The molecule has 394 valence electrons. The first-order valence-corrected chi connectivity index (χ1v) is 28.9. The second-order valence-corrected chi connectivity index (χ2v) is 21.5. The molecule has 0 unspecified atom stereocenters. The fraction of sp³-hybridized carbons (Fsp3) is 0. The molecule has 0 atom stereocenters. The van der Waals surface area contributed by atoms with Crippen LogP contribution in [0.1, 0.15) is 0 Å². The summed E-state index contributed by atoms with van der Waals surface area (Å²) in [5.41, 5.74) is 20.9. The Hall–Kier alpha value is -11.1. The Morgan fingerprint density at radius 3 is 0.762 bits per heavy atom. The van der Waals surface area contributed by atoms with E-state index >= 15 is 0 Å². The Balaban J connectivity index is 0.816. The Morgan fingerprint density at radius 1 is 0.155 bits per heavy atom. The molecule has 0 saturated heterocycles. The number of para-hydroxylation sites is 4. The maximum absolute atomic E-state index is 2.36. The first-order valence-electron chi connectivity index (χ1n) is 28.9. The van der Waals surface area contributed by atoms with Gasteiger partial charge in [0.1, 0.15) is 0 Å². The van der Waals surface area contributed by atoms with Gasteiger partial charge in [-0.2, -0.15) is 0 Å². The standard InChI is InChI=1S/C82H56N2/c1-5-23-61(24-6-1)69-31-19-21-39-77(69)83(65-27-9-3-10-28-65)67-53-49-59(50-54-67)57-41-45-63(46-42-57)79-75-37-17-18-38-76(75)80(82-74-36-16-14-34-72(74)71-33-13-15-35-73(71)81(79)82)64-47-43-58(44-48-64)60-51-55-68(56-52-60)84(66-29-11-4-12-30-66)78-40-22-20-32-70(78)62-25-7-2-8-26-62/h1-56H. The van der Waals surface area contributed by atoms with Crippen LogP contribution in [0.3, 0.4) is 0 Å². The molecule has 15 aromatic carbocycles. The van der Waals surface area contributed by atoms with E-state index in [9.17, 15) is 0 Å². The monoisotopic (exact) mass is 1070 g/mol. The number of nitrogens with zero attached hydrogens (tertiary/aromatic N) is 2. The fourth-order valence-corrected chi connectivity index (χ4v) is 12.8. The van der Waals surface area contributed by atoms with Gasteiger partial charge >= 0.3 is 0 Å². The van der Waals surface area contributed by atoms with Gasteiger partial charge < -0.3 is 9.80 Å². The molecular formula is C82H56N2. The Kier molecular flexibility index (Phi) is 12.9. The maximum Gasteiger partial charge on any atom is 0.0540 e. The Bertz CT molecular complexity index is 4520. The molecule has 15 aromatic rings. The van der Waals surface area contributed by atoms with Crippen molar-refractivity contribution in [2.75, 3.05) is 9.80 Å². The zero-order chi connectivity index (χ0) is 55.8. The highest BCUT2D eigenvalue weighted by molar-refractivity contribution is 6.36. The van der Waals surface area contributed by atoms with Crippen molar-refractivity contribution in [2.45, 2.75) is 0 Å². The number of anilines is 6. The van der Waals surface area contributed by atoms with E-state index in [2.05, 4.69) is 350 Å². The molecule has 2 nitrogen and oxygen atoms in total. The molecule has 0 aliphatic carbocycles. The first-order chi connectivity index (χ1) is 41.7. The summed E-state index contributed by atoms with van der Waals surface area (Å²) in [5.74, 6) is 0. The van der Waals surface area contributed by atoms with Crippen LogP contribution in [0.5, 0.6) is 0 Å². The molecule has 0 aromatic heterocycles. The van der Waals surface area contributed by atoms with Gasteiger partial charge in [0.25, 0.3) is 0 Å². The van der Waals surface area contributed by atoms with E-state index in [4.69, 9.17) is 0 Å². The van der Waals surface area contributed by atoms with Crippen molar-refractivity contribution in [1.82, 2.24) is 0 Å². The molecule has 0 aliphatic rings. The Morgan fingerprint density at radius 2 is 0.405 bits per heavy atom. The van der Waals surface area contributed by atoms with Crippen LogP contribution in [0, 0.1) is 0 Å². The summed E-state index contributed by atoms with van der Waals surface area (Å²) in [6.45, 7) is 0. The predicted molar refractivity (Wildman–Crippen MR) is 358 cm³/mol. The molecule has 0 N–H and O–H groups in total. The molecule has 0 amide bonds. The van der Waals surface area contributed by atoms with Gasteiger partial charge in [0.15, 0.2) is 0 Å². The minimum atomic E-state index is 1.10. The molecule has 2 heteroatoms. The van der Waals surface area contributed by atoms with Gasteiger partial charge in [0.05, 0.1) is 11.4 Å². The number of fused-ring (bicyclic) bond motifs is 7. The minimum Gasteiger partial charge on any atom is -0.310 e. The van der Waals surface area contributed by atoms with Crippen molar-refractivity contribution in [3.05, 3.63) is 340 Å². The quantitative estimate of drug-likeness (QED) is 0.0889. The second-order valence-electron chi connectivity index (χ2n) is 21.5. The Labute approximate surface area is 490 Å². The normalized spacial score (nSPS) is 11.3. The highest BCUT2D eigenvalue weighted by Crippen LogP contribution is 2.51. The van der Waals surface area contributed by atoms with Gasteiger partial charge in [-0.1, -0.05) is 279 Å². The highest BCUT2D eigenvalue weighted by atomic mass is 15.1. The van der Waals surface area contributed by atoms with E-state index in [0.29, 0.717) is 0 Å². The van der Waals surface area contributed by atoms with Crippen LogP contribution in [0.4, 0.5) is 34.1 Å². The molecule has 0 fully saturated rings. The summed E-state index contributed by atoms with van der Waals surface area (Å²) >= 11 is 0. The largest absolute Gasteiger partial charge is 0.310 e. The van der Waals surface area contributed by atoms with Crippen molar-refractivity contribution in [3.63, 3.8) is 0 Å². The lowest BCUT2D eigenvalue weighted by atomic mass is 9.81. The van der Waals surface area contributed by atoms with Crippen molar-refractivity contribution in [1.29, 1.82) is 0 Å². The molecule has 0 heterocycles. The summed E-state index contributed by atoms with van der Waals surface area (Å²) in [4.78, 5) is 4.73. The van der Waals surface area contributed by atoms with Crippen LogP contribution < -0.4 is 9.80 Å². The molecule has 0 bridgehead atoms. The van der Waals surface area contributed by atoms with Gasteiger partial charge in [-0.3, -0.25) is 0 Å². The number of benzene rings is 15.